The summed E-state index contributed by atoms with van der Waals surface area (Å²) in [5, 5.41) is 10.4. The first-order valence-corrected chi connectivity index (χ1v) is 6.25. The minimum absolute atomic E-state index is 0.557. The lowest BCUT2D eigenvalue weighted by Crippen LogP contribution is -2.04. The second-order valence-corrected chi connectivity index (χ2v) is 4.54. The average molecular weight is 241 g/mol. The van der Waals surface area contributed by atoms with E-state index in [1.807, 2.05) is 55.5 Å². The largest absolute Gasteiger partial charge is 0.384 e. The minimum Gasteiger partial charge on any atom is -0.384 e. The number of aliphatic hydroxyl groups is 1. The van der Waals surface area contributed by atoms with E-state index in [4.69, 9.17) is 5.73 Å². The number of nitrogens with two attached hydrogens (primary N) is 1. The van der Waals surface area contributed by atoms with E-state index in [0.717, 1.165) is 23.1 Å². The van der Waals surface area contributed by atoms with Gasteiger partial charge in [0, 0.05) is 0 Å². The van der Waals surface area contributed by atoms with E-state index in [-0.39, 0.29) is 0 Å². The summed E-state index contributed by atoms with van der Waals surface area (Å²) >= 11 is 0. The maximum absolute atomic E-state index is 10.4. The molecule has 0 saturated carbocycles. The fourth-order valence-electron chi connectivity index (χ4n) is 2.11. The molecule has 0 fully saturated rings. The first kappa shape index (κ1) is 12.8. The fourth-order valence-corrected chi connectivity index (χ4v) is 2.11. The first-order chi connectivity index (χ1) is 8.72. The number of hydrogen-bond acceptors (Lipinski definition) is 2. The second-order valence-electron chi connectivity index (χ2n) is 4.54. The van der Waals surface area contributed by atoms with Gasteiger partial charge >= 0.3 is 0 Å². The maximum Gasteiger partial charge on any atom is 0.104 e. The highest BCUT2D eigenvalue weighted by Crippen LogP contribution is 2.24. The van der Waals surface area contributed by atoms with Gasteiger partial charge in [-0.25, -0.2) is 0 Å². The average Bonchev–Trinajstić information content (AvgIpc) is 2.40. The lowest BCUT2D eigenvalue weighted by molar-refractivity contribution is 0.219. The molecule has 0 aliphatic carbocycles. The van der Waals surface area contributed by atoms with Crippen molar-refractivity contribution in [2.75, 3.05) is 6.54 Å². The molecular weight excluding hydrogens is 222 g/mol. The summed E-state index contributed by atoms with van der Waals surface area (Å²) in [7, 11) is 0. The van der Waals surface area contributed by atoms with Crippen LogP contribution in [0.3, 0.4) is 0 Å². The molecule has 2 rings (SSSR count). The van der Waals surface area contributed by atoms with Gasteiger partial charge < -0.3 is 10.8 Å². The smallest absolute Gasteiger partial charge is 0.104 e. The molecule has 0 spiro atoms. The van der Waals surface area contributed by atoms with E-state index in [1.54, 1.807) is 0 Å². The molecule has 0 aliphatic heterocycles. The number of aliphatic hydroxyl groups excluding tert-OH is 1. The molecule has 0 aliphatic rings. The molecule has 2 nitrogen and oxygen atoms in total. The molecule has 2 aromatic carbocycles. The van der Waals surface area contributed by atoms with Gasteiger partial charge in [-0.2, -0.15) is 0 Å². The van der Waals surface area contributed by atoms with Crippen LogP contribution in [0.4, 0.5) is 0 Å². The van der Waals surface area contributed by atoms with Gasteiger partial charge in [-0.15, -0.1) is 0 Å². The molecule has 0 bridgehead atoms. The highest BCUT2D eigenvalue weighted by atomic mass is 16.3. The molecule has 3 N–H and O–H groups in total. The summed E-state index contributed by atoms with van der Waals surface area (Å²) in [5.74, 6) is 0. The van der Waals surface area contributed by atoms with Crippen molar-refractivity contribution >= 4 is 0 Å². The van der Waals surface area contributed by atoms with Crippen LogP contribution in [0.1, 0.15) is 28.4 Å². The van der Waals surface area contributed by atoms with Crippen LogP contribution in [0, 0.1) is 6.92 Å². The molecule has 94 valence electrons. The predicted molar refractivity (Wildman–Crippen MR) is 74.4 cm³/mol. The monoisotopic (exact) mass is 241 g/mol. The third kappa shape index (κ3) is 2.78. The molecule has 1 atom stereocenters. The van der Waals surface area contributed by atoms with E-state index >= 15 is 0 Å². The highest BCUT2D eigenvalue weighted by molar-refractivity contribution is 5.36. The van der Waals surface area contributed by atoms with Gasteiger partial charge in [0.25, 0.3) is 0 Å². The zero-order valence-corrected chi connectivity index (χ0v) is 10.6. The third-order valence-electron chi connectivity index (χ3n) is 3.21. The van der Waals surface area contributed by atoms with E-state index in [2.05, 4.69) is 0 Å². The number of rotatable bonds is 4. The van der Waals surface area contributed by atoms with Gasteiger partial charge in [0.05, 0.1) is 0 Å². The molecule has 18 heavy (non-hydrogen) atoms. The molecular formula is C16H19NO. The summed E-state index contributed by atoms with van der Waals surface area (Å²) in [5.41, 5.74) is 9.72. The molecule has 0 aromatic heterocycles. The quantitative estimate of drug-likeness (QED) is 0.864. The Morgan fingerprint density at radius 2 is 1.72 bits per heavy atom. The Balaban J connectivity index is 2.23. The van der Waals surface area contributed by atoms with Crippen molar-refractivity contribution in [3.63, 3.8) is 0 Å². The normalized spacial score (nSPS) is 12.4. The Morgan fingerprint density at radius 3 is 2.33 bits per heavy atom. The van der Waals surface area contributed by atoms with Crippen molar-refractivity contribution in [2.45, 2.75) is 19.4 Å². The number of aryl methyl sites for hydroxylation is 1. The lowest BCUT2D eigenvalue weighted by atomic mass is 9.96. The van der Waals surface area contributed by atoms with Crippen molar-refractivity contribution in [3.05, 3.63) is 70.8 Å². The third-order valence-corrected chi connectivity index (χ3v) is 3.21. The first-order valence-electron chi connectivity index (χ1n) is 6.25. The van der Waals surface area contributed by atoms with Crippen LogP contribution in [0.15, 0.2) is 48.5 Å². The van der Waals surface area contributed by atoms with Crippen molar-refractivity contribution in [2.24, 2.45) is 5.73 Å². The summed E-state index contributed by atoms with van der Waals surface area (Å²) < 4.78 is 0. The molecule has 0 saturated heterocycles. The van der Waals surface area contributed by atoms with Crippen LogP contribution in [0.25, 0.3) is 0 Å². The van der Waals surface area contributed by atoms with Crippen LogP contribution in [-0.2, 0) is 6.42 Å². The molecule has 1 unspecified atom stereocenters. The number of benzene rings is 2. The zero-order valence-electron chi connectivity index (χ0n) is 10.6. The van der Waals surface area contributed by atoms with Crippen LogP contribution >= 0.6 is 0 Å². The van der Waals surface area contributed by atoms with Crippen LogP contribution in [0.5, 0.6) is 0 Å². The molecule has 2 aromatic rings. The summed E-state index contributed by atoms with van der Waals surface area (Å²) in [6, 6.07) is 15.9. The summed E-state index contributed by atoms with van der Waals surface area (Å²) in [6.07, 6.45) is 0.318. The zero-order chi connectivity index (χ0) is 13.0. The standard InChI is InChI=1S/C16H19NO/c1-12-4-2-3-5-15(12)16(18)14-8-6-13(7-9-14)10-11-17/h2-9,16,18H,10-11,17H2,1H3. The summed E-state index contributed by atoms with van der Waals surface area (Å²) in [4.78, 5) is 0. The van der Waals surface area contributed by atoms with Crippen molar-refractivity contribution < 1.29 is 5.11 Å². The van der Waals surface area contributed by atoms with Crippen molar-refractivity contribution in [3.8, 4) is 0 Å². The van der Waals surface area contributed by atoms with E-state index in [0.29, 0.717) is 6.54 Å². The van der Waals surface area contributed by atoms with E-state index in [1.165, 1.54) is 5.56 Å². The van der Waals surface area contributed by atoms with Crippen LogP contribution in [-0.4, -0.2) is 11.7 Å². The highest BCUT2D eigenvalue weighted by Gasteiger charge is 2.11. The molecule has 0 heterocycles. The van der Waals surface area contributed by atoms with Crippen molar-refractivity contribution in [1.82, 2.24) is 0 Å². The Bertz CT molecular complexity index is 505. The lowest BCUT2D eigenvalue weighted by Gasteiger charge is -2.14. The Hall–Kier alpha value is -1.64. The van der Waals surface area contributed by atoms with Gasteiger partial charge in [0.2, 0.25) is 0 Å². The van der Waals surface area contributed by atoms with Gasteiger partial charge in [-0.3, -0.25) is 0 Å². The fraction of sp³-hybridized carbons (Fsp3) is 0.250. The van der Waals surface area contributed by atoms with Crippen molar-refractivity contribution in [1.29, 1.82) is 0 Å². The maximum atomic E-state index is 10.4. The van der Waals surface area contributed by atoms with Gasteiger partial charge in [-0.05, 0) is 42.1 Å². The second kappa shape index (κ2) is 5.80. The molecule has 0 radical (unpaired) electrons. The minimum atomic E-state index is -0.557. The van der Waals surface area contributed by atoms with Gasteiger partial charge in [0.1, 0.15) is 6.10 Å². The van der Waals surface area contributed by atoms with Gasteiger partial charge in [-0.1, -0.05) is 48.5 Å². The van der Waals surface area contributed by atoms with Crippen LogP contribution < -0.4 is 5.73 Å². The van der Waals surface area contributed by atoms with E-state index < -0.39 is 6.10 Å². The SMILES string of the molecule is Cc1ccccc1C(O)c1ccc(CCN)cc1. The van der Waals surface area contributed by atoms with E-state index in [9.17, 15) is 5.11 Å². The van der Waals surface area contributed by atoms with Gasteiger partial charge in [0.15, 0.2) is 0 Å². The Morgan fingerprint density at radius 1 is 1.06 bits per heavy atom. The van der Waals surface area contributed by atoms with Crippen LogP contribution in [0.2, 0.25) is 0 Å². The summed E-state index contributed by atoms with van der Waals surface area (Å²) in [6.45, 7) is 2.67. The Labute approximate surface area is 108 Å². The number of hydrogen-bond donors (Lipinski definition) is 2. The predicted octanol–water partition coefficient (Wildman–Crippen LogP) is 2.58. The molecule has 0 amide bonds. The Kier molecular flexibility index (Phi) is 4.13. The molecule has 2 heteroatoms. The topological polar surface area (TPSA) is 46.2 Å².